The van der Waals surface area contributed by atoms with Crippen LogP contribution in [-0.2, 0) is 4.79 Å². The van der Waals surface area contributed by atoms with Crippen LogP contribution in [0, 0.1) is 0 Å². The third-order valence-corrected chi connectivity index (χ3v) is 4.22. The lowest BCUT2D eigenvalue weighted by atomic mass is 10.1. The average Bonchev–Trinajstić information content (AvgIpc) is 2.49. The standard InChI is InChI=1S/C18H33ClO3/c1-2-3-4-10-13-16(20)14-11-8-6-5-7-9-12-15-17(19)18(21)22/h8,11,16-17,20H,2-7,9-10,12-15H2,1H3,(H,21,22). The van der Waals surface area contributed by atoms with E-state index in [2.05, 4.69) is 19.1 Å². The molecule has 0 amide bonds. The second-order valence-corrected chi connectivity index (χ2v) is 6.53. The molecular formula is C18H33ClO3. The molecule has 0 aromatic rings. The van der Waals surface area contributed by atoms with Crippen LogP contribution in [0.15, 0.2) is 12.2 Å². The van der Waals surface area contributed by atoms with Gasteiger partial charge in [0.05, 0.1) is 6.10 Å². The number of halogens is 1. The van der Waals surface area contributed by atoms with E-state index in [4.69, 9.17) is 16.7 Å². The number of aliphatic hydroxyl groups is 1. The third kappa shape index (κ3) is 14.4. The zero-order valence-corrected chi connectivity index (χ0v) is 14.7. The molecule has 130 valence electrons. The quantitative estimate of drug-likeness (QED) is 0.243. The number of hydrogen-bond donors (Lipinski definition) is 2. The van der Waals surface area contributed by atoms with Crippen LogP contribution >= 0.6 is 11.6 Å². The van der Waals surface area contributed by atoms with Crippen LogP contribution in [0.3, 0.4) is 0 Å². The Morgan fingerprint density at radius 2 is 1.64 bits per heavy atom. The van der Waals surface area contributed by atoms with Crippen molar-refractivity contribution < 1.29 is 15.0 Å². The maximum atomic E-state index is 10.5. The summed E-state index contributed by atoms with van der Waals surface area (Å²) in [5.41, 5.74) is 0. The highest BCUT2D eigenvalue weighted by Gasteiger charge is 2.11. The molecule has 0 rings (SSSR count). The Hall–Kier alpha value is -0.540. The van der Waals surface area contributed by atoms with E-state index in [9.17, 15) is 9.90 Å². The molecule has 0 saturated carbocycles. The highest BCUT2D eigenvalue weighted by atomic mass is 35.5. The van der Waals surface area contributed by atoms with Gasteiger partial charge in [-0.3, -0.25) is 4.79 Å². The van der Waals surface area contributed by atoms with Crippen molar-refractivity contribution in [2.45, 2.75) is 95.5 Å². The first-order valence-corrected chi connectivity index (χ1v) is 9.21. The van der Waals surface area contributed by atoms with Gasteiger partial charge in [-0.05, 0) is 32.1 Å². The normalized spacial score (nSPS) is 14.3. The fraction of sp³-hybridized carbons (Fsp3) is 0.833. The summed E-state index contributed by atoms with van der Waals surface area (Å²) in [6.45, 7) is 2.19. The van der Waals surface area contributed by atoms with E-state index >= 15 is 0 Å². The molecule has 4 heteroatoms. The van der Waals surface area contributed by atoms with E-state index < -0.39 is 11.3 Å². The van der Waals surface area contributed by atoms with Crippen LogP contribution in [0.25, 0.3) is 0 Å². The Morgan fingerprint density at radius 1 is 1.00 bits per heavy atom. The Morgan fingerprint density at radius 3 is 2.32 bits per heavy atom. The number of alkyl halides is 1. The van der Waals surface area contributed by atoms with Crippen molar-refractivity contribution in [2.75, 3.05) is 0 Å². The summed E-state index contributed by atoms with van der Waals surface area (Å²) in [4.78, 5) is 10.5. The number of rotatable bonds is 15. The molecule has 3 nitrogen and oxygen atoms in total. The summed E-state index contributed by atoms with van der Waals surface area (Å²) in [7, 11) is 0. The van der Waals surface area contributed by atoms with Crippen molar-refractivity contribution in [3.8, 4) is 0 Å². The first kappa shape index (κ1) is 21.5. The largest absolute Gasteiger partial charge is 0.480 e. The molecule has 0 aromatic heterocycles. The first-order valence-electron chi connectivity index (χ1n) is 8.77. The van der Waals surface area contributed by atoms with Crippen LogP contribution in [0.2, 0.25) is 0 Å². The predicted molar refractivity (Wildman–Crippen MR) is 93.5 cm³/mol. The minimum absolute atomic E-state index is 0.190. The van der Waals surface area contributed by atoms with Crippen molar-refractivity contribution in [3.63, 3.8) is 0 Å². The lowest BCUT2D eigenvalue weighted by Crippen LogP contribution is -2.12. The molecule has 0 radical (unpaired) electrons. The number of carbonyl (C=O) groups is 1. The molecular weight excluding hydrogens is 300 g/mol. The Balaban J connectivity index is 3.34. The van der Waals surface area contributed by atoms with Gasteiger partial charge in [-0.1, -0.05) is 64.0 Å². The molecule has 22 heavy (non-hydrogen) atoms. The maximum absolute atomic E-state index is 10.5. The molecule has 0 aromatic carbocycles. The van der Waals surface area contributed by atoms with Gasteiger partial charge < -0.3 is 10.2 Å². The molecule has 0 bridgehead atoms. The molecule has 2 N–H and O–H groups in total. The van der Waals surface area contributed by atoms with Crippen molar-refractivity contribution in [3.05, 3.63) is 12.2 Å². The fourth-order valence-corrected chi connectivity index (χ4v) is 2.51. The fourth-order valence-electron chi connectivity index (χ4n) is 2.36. The first-order chi connectivity index (χ1) is 10.6. The van der Waals surface area contributed by atoms with E-state index in [0.717, 1.165) is 51.4 Å². The average molecular weight is 333 g/mol. The molecule has 0 aliphatic carbocycles. The minimum atomic E-state index is -0.919. The third-order valence-electron chi connectivity index (χ3n) is 3.81. The van der Waals surface area contributed by atoms with E-state index in [1.54, 1.807) is 0 Å². The number of aliphatic carboxylic acids is 1. The van der Waals surface area contributed by atoms with E-state index in [-0.39, 0.29) is 6.10 Å². The van der Waals surface area contributed by atoms with Gasteiger partial charge >= 0.3 is 5.97 Å². The van der Waals surface area contributed by atoms with Crippen LogP contribution in [0.4, 0.5) is 0 Å². The second-order valence-electron chi connectivity index (χ2n) is 6.01. The zero-order valence-electron chi connectivity index (χ0n) is 14.0. The maximum Gasteiger partial charge on any atom is 0.321 e. The Bertz CT molecular complexity index is 292. The lowest BCUT2D eigenvalue weighted by Gasteiger charge is -2.07. The topological polar surface area (TPSA) is 57.5 Å². The molecule has 0 heterocycles. The molecule has 0 saturated heterocycles. The van der Waals surface area contributed by atoms with Crippen molar-refractivity contribution in [2.24, 2.45) is 0 Å². The number of allylic oxidation sites excluding steroid dienone is 1. The number of hydrogen-bond acceptors (Lipinski definition) is 2. The van der Waals surface area contributed by atoms with Crippen molar-refractivity contribution in [1.29, 1.82) is 0 Å². The van der Waals surface area contributed by atoms with Gasteiger partial charge in [0, 0.05) is 0 Å². The smallest absolute Gasteiger partial charge is 0.321 e. The molecule has 2 atom stereocenters. The van der Waals surface area contributed by atoms with Gasteiger partial charge in [-0.2, -0.15) is 0 Å². The van der Waals surface area contributed by atoms with Gasteiger partial charge in [0.1, 0.15) is 5.38 Å². The molecule has 0 aliphatic heterocycles. The monoisotopic (exact) mass is 332 g/mol. The summed E-state index contributed by atoms with van der Waals surface area (Å²) in [5.74, 6) is -0.919. The van der Waals surface area contributed by atoms with Crippen molar-refractivity contribution >= 4 is 17.6 Å². The highest BCUT2D eigenvalue weighted by Crippen LogP contribution is 2.12. The van der Waals surface area contributed by atoms with Gasteiger partial charge in [0.15, 0.2) is 0 Å². The summed E-state index contributed by atoms with van der Waals surface area (Å²) in [6.07, 6.45) is 16.3. The predicted octanol–water partition coefficient (Wildman–Crippen LogP) is 5.30. The Labute approximate surface area is 140 Å². The highest BCUT2D eigenvalue weighted by molar-refractivity contribution is 6.29. The van der Waals surface area contributed by atoms with Crippen LogP contribution in [0.5, 0.6) is 0 Å². The summed E-state index contributed by atoms with van der Waals surface area (Å²) >= 11 is 5.65. The van der Waals surface area contributed by atoms with Crippen LogP contribution in [0.1, 0.15) is 84.0 Å². The Kier molecular flexibility index (Phi) is 15.0. The molecule has 0 aliphatic rings. The number of aliphatic hydroxyl groups excluding tert-OH is 1. The number of carboxylic acids is 1. The van der Waals surface area contributed by atoms with E-state index in [0.29, 0.717) is 6.42 Å². The van der Waals surface area contributed by atoms with Gasteiger partial charge in [0.25, 0.3) is 0 Å². The number of unbranched alkanes of at least 4 members (excludes halogenated alkanes) is 7. The van der Waals surface area contributed by atoms with Gasteiger partial charge in [0.2, 0.25) is 0 Å². The summed E-state index contributed by atoms with van der Waals surface area (Å²) < 4.78 is 0. The number of carboxylic acid groups (broad SMARTS) is 1. The minimum Gasteiger partial charge on any atom is -0.480 e. The van der Waals surface area contributed by atoms with Gasteiger partial charge in [-0.15, -0.1) is 11.6 Å². The lowest BCUT2D eigenvalue weighted by molar-refractivity contribution is -0.136. The molecule has 0 fully saturated rings. The van der Waals surface area contributed by atoms with Crippen molar-refractivity contribution in [1.82, 2.24) is 0 Å². The zero-order chi connectivity index (χ0) is 16.6. The SMILES string of the molecule is CCCCCCC(O)CC=CCCCCCCC(Cl)C(=O)O. The summed E-state index contributed by atoms with van der Waals surface area (Å²) in [6, 6.07) is 0. The van der Waals surface area contributed by atoms with E-state index in [1.165, 1.54) is 19.3 Å². The van der Waals surface area contributed by atoms with E-state index in [1.807, 2.05) is 0 Å². The van der Waals surface area contributed by atoms with Gasteiger partial charge in [-0.25, -0.2) is 0 Å². The molecule has 0 spiro atoms. The van der Waals surface area contributed by atoms with Crippen LogP contribution in [-0.4, -0.2) is 27.7 Å². The van der Waals surface area contributed by atoms with Crippen LogP contribution < -0.4 is 0 Å². The summed E-state index contributed by atoms with van der Waals surface area (Å²) in [5, 5.41) is 17.7. The second kappa shape index (κ2) is 15.4. The molecule has 2 unspecified atom stereocenters.